The Morgan fingerprint density at radius 3 is 2.62 bits per heavy atom. The number of nitrogens with zero attached hydrogens (tertiary/aromatic N) is 2. The summed E-state index contributed by atoms with van der Waals surface area (Å²) in [4.78, 5) is 23.8. The van der Waals surface area contributed by atoms with Crippen LogP contribution < -0.4 is 10.6 Å². The molecule has 2 aromatic rings. The Hall–Kier alpha value is -1.69. The maximum Gasteiger partial charge on any atom is 0.223 e. The molecular weight excluding hydrogens is 320 g/mol. The molecule has 2 aliphatic carbocycles. The van der Waals surface area contributed by atoms with Crippen molar-refractivity contribution in [2.75, 3.05) is 18.4 Å². The lowest BCUT2D eigenvalue weighted by Crippen LogP contribution is -2.37. The van der Waals surface area contributed by atoms with Gasteiger partial charge in [0.15, 0.2) is 0 Å². The zero-order valence-corrected chi connectivity index (χ0v) is 15.1. The van der Waals surface area contributed by atoms with Crippen LogP contribution in [-0.2, 0) is 4.79 Å². The molecule has 0 aromatic carbocycles. The second-order valence-corrected chi connectivity index (χ2v) is 8.22. The number of amides is 1. The molecule has 2 aliphatic rings. The molecule has 0 atom stereocenters. The van der Waals surface area contributed by atoms with Crippen LogP contribution in [-0.4, -0.2) is 29.0 Å². The average Bonchev–Trinajstić information content (AvgIpc) is 3.29. The molecule has 2 aromatic heterocycles. The number of aryl methyl sites for hydroxylation is 2. The number of hydrogen-bond donors (Lipinski definition) is 2. The van der Waals surface area contributed by atoms with Gasteiger partial charge in [0.05, 0.1) is 5.39 Å². The van der Waals surface area contributed by atoms with Gasteiger partial charge >= 0.3 is 0 Å². The van der Waals surface area contributed by atoms with Gasteiger partial charge in [-0.1, -0.05) is 6.42 Å². The third-order valence-electron chi connectivity index (χ3n) is 5.18. The van der Waals surface area contributed by atoms with Gasteiger partial charge in [0.1, 0.15) is 16.5 Å². The summed E-state index contributed by atoms with van der Waals surface area (Å²) in [6.45, 7) is 5.61. The van der Waals surface area contributed by atoms with Crippen molar-refractivity contribution < 1.29 is 4.79 Å². The number of fused-ring (bicyclic) bond motifs is 1. The monoisotopic (exact) mass is 344 g/mol. The van der Waals surface area contributed by atoms with Crippen LogP contribution >= 0.6 is 11.3 Å². The van der Waals surface area contributed by atoms with Crippen molar-refractivity contribution in [3.63, 3.8) is 0 Å². The molecule has 2 heterocycles. The Balaban J connectivity index is 1.46. The molecule has 128 valence electrons. The molecule has 0 radical (unpaired) electrons. The lowest BCUT2D eigenvalue weighted by molar-refractivity contribution is -0.127. The molecule has 1 amide bonds. The van der Waals surface area contributed by atoms with E-state index in [9.17, 15) is 4.79 Å². The molecular formula is C18H24N4OS. The summed E-state index contributed by atoms with van der Waals surface area (Å²) >= 11 is 1.75. The van der Waals surface area contributed by atoms with Crippen molar-refractivity contribution in [2.24, 2.45) is 5.92 Å². The number of nitrogens with one attached hydrogen (secondary N) is 2. The van der Waals surface area contributed by atoms with E-state index in [0.717, 1.165) is 34.7 Å². The van der Waals surface area contributed by atoms with E-state index in [1.54, 1.807) is 11.3 Å². The molecule has 2 saturated carbocycles. The summed E-state index contributed by atoms with van der Waals surface area (Å²) in [5, 5.41) is 7.61. The predicted octanol–water partition coefficient (Wildman–Crippen LogP) is 3.51. The summed E-state index contributed by atoms with van der Waals surface area (Å²) in [5.74, 6) is 2.90. The molecule has 6 heteroatoms. The van der Waals surface area contributed by atoms with Crippen LogP contribution in [0.1, 0.15) is 54.3 Å². The molecule has 24 heavy (non-hydrogen) atoms. The summed E-state index contributed by atoms with van der Waals surface area (Å²) in [5.41, 5.74) is 1.26. The van der Waals surface area contributed by atoms with Crippen LogP contribution in [0.2, 0.25) is 0 Å². The Kier molecular flexibility index (Phi) is 4.16. The Labute approximate surface area is 146 Å². The van der Waals surface area contributed by atoms with Gasteiger partial charge in [-0.15, -0.1) is 11.3 Å². The van der Waals surface area contributed by atoms with E-state index >= 15 is 0 Å². The summed E-state index contributed by atoms with van der Waals surface area (Å²) in [6.07, 6.45) is 5.68. The average molecular weight is 344 g/mol. The van der Waals surface area contributed by atoms with E-state index in [1.165, 1.54) is 29.7 Å². The fourth-order valence-corrected chi connectivity index (χ4v) is 4.14. The highest BCUT2D eigenvalue weighted by Gasteiger charge is 2.28. The van der Waals surface area contributed by atoms with Crippen molar-refractivity contribution in [1.82, 2.24) is 15.3 Å². The maximum atomic E-state index is 11.9. The van der Waals surface area contributed by atoms with Crippen molar-refractivity contribution in [1.29, 1.82) is 0 Å². The van der Waals surface area contributed by atoms with Gasteiger partial charge in [-0.3, -0.25) is 4.79 Å². The fourth-order valence-electron chi connectivity index (χ4n) is 3.10. The number of thiophene rings is 1. The number of anilines is 1. The number of carbonyl (C=O) groups is 1. The molecule has 2 N–H and O–H groups in total. The van der Waals surface area contributed by atoms with E-state index in [1.807, 2.05) is 0 Å². The third kappa shape index (κ3) is 2.99. The lowest BCUT2D eigenvalue weighted by Gasteiger charge is -2.24. The zero-order chi connectivity index (χ0) is 16.7. The first-order valence-electron chi connectivity index (χ1n) is 8.92. The Bertz CT molecular complexity index is 777. The maximum absolute atomic E-state index is 11.9. The molecule has 2 fully saturated rings. The lowest BCUT2D eigenvalue weighted by atomic mass is 9.85. The molecule has 0 bridgehead atoms. The topological polar surface area (TPSA) is 66.9 Å². The van der Waals surface area contributed by atoms with Crippen molar-refractivity contribution >= 4 is 33.3 Å². The second-order valence-electron chi connectivity index (χ2n) is 7.01. The van der Waals surface area contributed by atoms with Crippen LogP contribution in [0.3, 0.4) is 0 Å². The number of hydrogen-bond acceptors (Lipinski definition) is 5. The van der Waals surface area contributed by atoms with Crippen molar-refractivity contribution in [3.05, 3.63) is 16.3 Å². The smallest absolute Gasteiger partial charge is 0.223 e. The number of rotatable bonds is 6. The van der Waals surface area contributed by atoms with Crippen LogP contribution in [0.4, 0.5) is 5.82 Å². The molecule has 0 saturated heterocycles. The summed E-state index contributed by atoms with van der Waals surface area (Å²) in [6, 6.07) is 0. The number of aromatic nitrogens is 2. The summed E-state index contributed by atoms with van der Waals surface area (Å²) in [7, 11) is 0. The van der Waals surface area contributed by atoms with Crippen LogP contribution in [0.5, 0.6) is 0 Å². The highest BCUT2D eigenvalue weighted by Crippen LogP contribution is 2.41. The van der Waals surface area contributed by atoms with E-state index in [4.69, 9.17) is 9.97 Å². The predicted molar refractivity (Wildman–Crippen MR) is 97.7 cm³/mol. The fraction of sp³-hybridized carbons (Fsp3) is 0.611. The van der Waals surface area contributed by atoms with Gasteiger partial charge in [0.25, 0.3) is 0 Å². The van der Waals surface area contributed by atoms with E-state index < -0.39 is 0 Å². The van der Waals surface area contributed by atoms with E-state index in [2.05, 4.69) is 24.5 Å². The minimum Gasteiger partial charge on any atom is -0.368 e. The quantitative estimate of drug-likeness (QED) is 0.787. The molecule has 0 unspecified atom stereocenters. The normalized spacial score (nSPS) is 17.8. The highest BCUT2D eigenvalue weighted by molar-refractivity contribution is 7.18. The molecule has 0 aliphatic heterocycles. The zero-order valence-electron chi connectivity index (χ0n) is 14.3. The second kappa shape index (κ2) is 6.31. The van der Waals surface area contributed by atoms with Gasteiger partial charge in [-0.25, -0.2) is 9.97 Å². The minimum atomic E-state index is 0.206. The van der Waals surface area contributed by atoms with E-state index in [0.29, 0.717) is 19.0 Å². The summed E-state index contributed by atoms with van der Waals surface area (Å²) < 4.78 is 0. The highest BCUT2D eigenvalue weighted by atomic mass is 32.1. The van der Waals surface area contributed by atoms with Crippen LogP contribution in [0, 0.1) is 19.8 Å². The third-order valence-corrected chi connectivity index (χ3v) is 6.28. The first-order valence-corrected chi connectivity index (χ1v) is 9.74. The van der Waals surface area contributed by atoms with E-state index in [-0.39, 0.29) is 11.8 Å². The largest absolute Gasteiger partial charge is 0.368 e. The van der Waals surface area contributed by atoms with Gasteiger partial charge < -0.3 is 10.6 Å². The Morgan fingerprint density at radius 1 is 1.17 bits per heavy atom. The molecule has 0 spiro atoms. The molecule has 5 nitrogen and oxygen atoms in total. The SMILES string of the molecule is Cc1sc2nc(C3CC3)nc(NCCNC(=O)C3CCC3)c2c1C. The van der Waals surface area contributed by atoms with Gasteiger partial charge in [-0.2, -0.15) is 0 Å². The van der Waals surface area contributed by atoms with Gasteiger partial charge in [-0.05, 0) is 45.1 Å². The number of carbonyl (C=O) groups excluding carboxylic acids is 1. The van der Waals surface area contributed by atoms with Gasteiger partial charge in [0.2, 0.25) is 5.91 Å². The van der Waals surface area contributed by atoms with Crippen LogP contribution in [0.15, 0.2) is 0 Å². The first-order chi connectivity index (χ1) is 11.6. The minimum absolute atomic E-state index is 0.206. The van der Waals surface area contributed by atoms with Crippen molar-refractivity contribution in [3.8, 4) is 0 Å². The van der Waals surface area contributed by atoms with Gasteiger partial charge in [0, 0.05) is 29.8 Å². The first kappa shape index (κ1) is 15.8. The van der Waals surface area contributed by atoms with Crippen LogP contribution in [0.25, 0.3) is 10.2 Å². The Morgan fingerprint density at radius 2 is 1.96 bits per heavy atom. The van der Waals surface area contributed by atoms with Crippen molar-refractivity contribution in [2.45, 2.75) is 51.9 Å². The molecule has 4 rings (SSSR count). The standard InChI is InChI=1S/C18H24N4OS/c1-10-11(2)24-18-14(10)16(21-15(22-18)12-6-7-12)19-8-9-20-17(23)13-4-3-5-13/h12-13H,3-9H2,1-2H3,(H,20,23)(H,19,21,22).